The van der Waals surface area contributed by atoms with Crippen molar-refractivity contribution in [1.82, 2.24) is 4.98 Å². The van der Waals surface area contributed by atoms with Gasteiger partial charge in [-0.2, -0.15) is 0 Å². The Bertz CT molecular complexity index is 532. The predicted molar refractivity (Wildman–Crippen MR) is 70.2 cm³/mol. The second-order valence-corrected chi connectivity index (χ2v) is 5.15. The third-order valence-electron chi connectivity index (χ3n) is 2.43. The van der Waals surface area contributed by atoms with E-state index in [4.69, 9.17) is 5.73 Å². The smallest absolute Gasteiger partial charge is 0.268 e. The molecule has 0 fully saturated rings. The van der Waals surface area contributed by atoms with Crippen LogP contribution in [0.15, 0.2) is 30.3 Å². The van der Waals surface area contributed by atoms with E-state index in [1.165, 1.54) is 11.3 Å². The first-order valence-corrected chi connectivity index (χ1v) is 6.27. The lowest BCUT2D eigenvalue weighted by Crippen LogP contribution is -2.13. The first-order valence-electron chi connectivity index (χ1n) is 5.45. The Balaban J connectivity index is 2.51. The highest BCUT2D eigenvalue weighted by molar-refractivity contribution is 7.15. The Hall–Kier alpha value is -1.68. The molecule has 0 saturated carbocycles. The van der Waals surface area contributed by atoms with Crippen LogP contribution in [-0.2, 0) is 0 Å². The van der Waals surface area contributed by atoms with Crippen LogP contribution in [0.25, 0.3) is 10.6 Å². The van der Waals surface area contributed by atoms with E-state index in [2.05, 4.69) is 4.98 Å². The number of primary amides is 1. The van der Waals surface area contributed by atoms with Gasteiger partial charge in [0, 0.05) is 10.4 Å². The predicted octanol–water partition coefficient (Wildman–Crippen LogP) is 3.03. The van der Waals surface area contributed by atoms with Crippen LogP contribution in [0.2, 0.25) is 0 Å². The summed E-state index contributed by atoms with van der Waals surface area (Å²) in [6.07, 6.45) is 0. The fourth-order valence-electron chi connectivity index (χ4n) is 1.60. The monoisotopic (exact) mass is 246 g/mol. The van der Waals surface area contributed by atoms with Crippen LogP contribution in [0.4, 0.5) is 0 Å². The van der Waals surface area contributed by atoms with Crippen molar-refractivity contribution in [1.29, 1.82) is 0 Å². The maximum absolute atomic E-state index is 11.3. The molecule has 1 amide bonds. The molecule has 0 unspecified atom stereocenters. The van der Waals surface area contributed by atoms with Crippen LogP contribution in [0, 0.1) is 0 Å². The van der Waals surface area contributed by atoms with Crippen LogP contribution in [0.5, 0.6) is 0 Å². The van der Waals surface area contributed by atoms with Crippen molar-refractivity contribution in [3.05, 3.63) is 40.9 Å². The topological polar surface area (TPSA) is 56.0 Å². The minimum absolute atomic E-state index is 0.257. The van der Waals surface area contributed by atoms with Gasteiger partial charge in [-0.05, 0) is 5.92 Å². The summed E-state index contributed by atoms with van der Waals surface area (Å²) in [6, 6.07) is 9.82. The number of hydrogen-bond acceptors (Lipinski definition) is 3. The van der Waals surface area contributed by atoms with E-state index >= 15 is 0 Å². The Morgan fingerprint density at radius 2 is 1.94 bits per heavy atom. The number of hydrogen-bond donors (Lipinski definition) is 1. The summed E-state index contributed by atoms with van der Waals surface area (Å²) in [5.41, 5.74) is 6.78. The minimum Gasteiger partial charge on any atom is -0.364 e. The van der Waals surface area contributed by atoms with Gasteiger partial charge in [-0.3, -0.25) is 4.79 Å². The maximum Gasteiger partial charge on any atom is 0.268 e. The molecular formula is C13H14N2OS. The average Bonchev–Trinajstić information content (AvgIpc) is 2.75. The van der Waals surface area contributed by atoms with Crippen LogP contribution in [0.1, 0.15) is 35.1 Å². The largest absolute Gasteiger partial charge is 0.364 e. The average molecular weight is 246 g/mol. The van der Waals surface area contributed by atoms with Crippen molar-refractivity contribution in [3.63, 3.8) is 0 Å². The van der Waals surface area contributed by atoms with Gasteiger partial charge in [-0.15, -0.1) is 11.3 Å². The lowest BCUT2D eigenvalue weighted by atomic mass is 10.1. The van der Waals surface area contributed by atoms with Crippen molar-refractivity contribution in [2.24, 2.45) is 5.73 Å². The molecule has 0 aliphatic carbocycles. The van der Waals surface area contributed by atoms with E-state index in [-0.39, 0.29) is 5.92 Å². The number of amides is 1. The van der Waals surface area contributed by atoms with Gasteiger partial charge < -0.3 is 5.73 Å². The number of nitrogens with zero attached hydrogens (tertiary/aromatic N) is 1. The SMILES string of the molecule is CC(C)c1sc(-c2ccccc2)nc1C(N)=O. The van der Waals surface area contributed by atoms with E-state index in [1.54, 1.807) is 0 Å². The molecule has 0 bridgehead atoms. The molecule has 2 aromatic rings. The molecule has 0 aliphatic rings. The van der Waals surface area contributed by atoms with Gasteiger partial charge in [0.2, 0.25) is 0 Å². The second kappa shape index (κ2) is 4.67. The third kappa shape index (κ3) is 2.36. The lowest BCUT2D eigenvalue weighted by molar-refractivity contribution is 0.0995. The van der Waals surface area contributed by atoms with Crippen molar-refractivity contribution >= 4 is 17.2 Å². The molecule has 4 heteroatoms. The van der Waals surface area contributed by atoms with Crippen molar-refractivity contribution in [2.45, 2.75) is 19.8 Å². The van der Waals surface area contributed by atoms with Gasteiger partial charge in [0.15, 0.2) is 0 Å². The normalized spacial score (nSPS) is 10.8. The molecule has 0 aliphatic heterocycles. The maximum atomic E-state index is 11.3. The van der Waals surface area contributed by atoms with E-state index in [9.17, 15) is 4.79 Å². The van der Waals surface area contributed by atoms with Gasteiger partial charge in [0.1, 0.15) is 10.7 Å². The molecule has 0 spiro atoms. The number of aromatic nitrogens is 1. The third-order valence-corrected chi connectivity index (χ3v) is 3.84. The van der Waals surface area contributed by atoms with Crippen LogP contribution in [-0.4, -0.2) is 10.9 Å². The fraction of sp³-hybridized carbons (Fsp3) is 0.231. The molecule has 1 aromatic heterocycles. The van der Waals surface area contributed by atoms with E-state index in [0.29, 0.717) is 5.69 Å². The standard InChI is InChI=1S/C13H14N2OS/c1-8(2)11-10(12(14)16)15-13(17-11)9-6-4-3-5-7-9/h3-8H,1-2H3,(H2,14,16). The molecule has 88 valence electrons. The number of rotatable bonds is 3. The fourth-order valence-corrected chi connectivity index (χ4v) is 2.68. The van der Waals surface area contributed by atoms with E-state index in [1.807, 2.05) is 44.2 Å². The summed E-state index contributed by atoms with van der Waals surface area (Å²) >= 11 is 1.54. The summed E-state index contributed by atoms with van der Waals surface area (Å²) in [7, 11) is 0. The molecule has 2 rings (SSSR count). The lowest BCUT2D eigenvalue weighted by Gasteiger charge is -2.00. The zero-order valence-corrected chi connectivity index (χ0v) is 10.6. The molecular weight excluding hydrogens is 232 g/mol. The summed E-state index contributed by atoms with van der Waals surface area (Å²) < 4.78 is 0. The molecule has 0 radical (unpaired) electrons. The van der Waals surface area contributed by atoms with Gasteiger partial charge >= 0.3 is 0 Å². The van der Waals surface area contributed by atoms with Crippen molar-refractivity contribution < 1.29 is 4.79 Å². The second-order valence-electron chi connectivity index (χ2n) is 4.12. The van der Waals surface area contributed by atoms with E-state index in [0.717, 1.165) is 15.4 Å². The van der Waals surface area contributed by atoms with E-state index < -0.39 is 5.91 Å². The Labute approximate surface area is 104 Å². The number of thiazole rings is 1. The Morgan fingerprint density at radius 1 is 1.29 bits per heavy atom. The molecule has 3 nitrogen and oxygen atoms in total. The Morgan fingerprint density at radius 3 is 2.41 bits per heavy atom. The van der Waals surface area contributed by atoms with Gasteiger partial charge in [-0.25, -0.2) is 4.98 Å². The van der Waals surface area contributed by atoms with Crippen LogP contribution < -0.4 is 5.73 Å². The number of carbonyl (C=O) groups is 1. The zero-order valence-electron chi connectivity index (χ0n) is 9.81. The summed E-state index contributed by atoms with van der Waals surface area (Å²) in [6.45, 7) is 4.07. The van der Waals surface area contributed by atoms with Crippen LogP contribution >= 0.6 is 11.3 Å². The van der Waals surface area contributed by atoms with Crippen molar-refractivity contribution in [3.8, 4) is 10.6 Å². The highest BCUT2D eigenvalue weighted by Gasteiger charge is 2.18. The molecule has 0 saturated heterocycles. The summed E-state index contributed by atoms with van der Waals surface area (Å²) in [5.74, 6) is -0.195. The van der Waals surface area contributed by atoms with Crippen molar-refractivity contribution in [2.75, 3.05) is 0 Å². The minimum atomic E-state index is -0.452. The highest BCUT2D eigenvalue weighted by Crippen LogP contribution is 2.32. The molecule has 17 heavy (non-hydrogen) atoms. The van der Waals surface area contributed by atoms with Gasteiger partial charge in [0.25, 0.3) is 5.91 Å². The summed E-state index contributed by atoms with van der Waals surface area (Å²) in [5, 5.41) is 0.850. The quantitative estimate of drug-likeness (QED) is 0.905. The number of benzene rings is 1. The zero-order chi connectivity index (χ0) is 12.4. The molecule has 2 N–H and O–H groups in total. The van der Waals surface area contributed by atoms with Gasteiger partial charge in [-0.1, -0.05) is 44.2 Å². The first-order chi connectivity index (χ1) is 8.09. The summed E-state index contributed by atoms with van der Waals surface area (Å²) in [4.78, 5) is 16.6. The molecule has 0 atom stereocenters. The number of carbonyl (C=O) groups excluding carboxylic acids is 1. The first kappa shape index (κ1) is 11.8. The van der Waals surface area contributed by atoms with Gasteiger partial charge in [0.05, 0.1) is 0 Å². The highest BCUT2D eigenvalue weighted by atomic mass is 32.1. The molecule has 1 aromatic carbocycles. The van der Waals surface area contributed by atoms with Crippen LogP contribution in [0.3, 0.4) is 0 Å². The molecule has 1 heterocycles. The Kier molecular flexibility index (Phi) is 3.24. The number of nitrogens with two attached hydrogens (primary N) is 1.